The summed E-state index contributed by atoms with van der Waals surface area (Å²) in [6, 6.07) is 10.2. The van der Waals surface area contributed by atoms with E-state index in [1.54, 1.807) is 0 Å². The van der Waals surface area contributed by atoms with Gasteiger partial charge in [0.05, 0.1) is 5.92 Å². The highest BCUT2D eigenvalue weighted by atomic mass is 16.2. The normalized spacial score (nSPS) is 18.9. The quantitative estimate of drug-likeness (QED) is 0.877. The van der Waals surface area contributed by atoms with Crippen LogP contribution in [0.15, 0.2) is 36.4 Å². The van der Waals surface area contributed by atoms with E-state index in [4.69, 9.17) is 0 Å². The predicted molar refractivity (Wildman–Crippen MR) is 78.7 cm³/mol. The Balaban J connectivity index is 1.88. The highest BCUT2D eigenvalue weighted by molar-refractivity contribution is 5.79. The molecule has 1 fully saturated rings. The lowest BCUT2D eigenvalue weighted by atomic mass is 10.1. The Labute approximate surface area is 115 Å². The number of likely N-dealkylation sites (N-methyl/N-ethyl adjacent to an activating group) is 1. The molecule has 1 aromatic carbocycles. The molecule has 1 N–H and O–H groups in total. The van der Waals surface area contributed by atoms with Crippen LogP contribution in [0.5, 0.6) is 0 Å². The monoisotopic (exact) mass is 258 g/mol. The van der Waals surface area contributed by atoms with Gasteiger partial charge in [0, 0.05) is 19.6 Å². The molecule has 1 aliphatic rings. The molecule has 0 aliphatic carbocycles. The maximum absolute atomic E-state index is 12.3. The molecule has 1 aliphatic heterocycles. The molecule has 1 atom stereocenters. The van der Waals surface area contributed by atoms with Crippen molar-refractivity contribution in [3.8, 4) is 0 Å². The Morgan fingerprint density at radius 1 is 1.42 bits per heavy atom. The minimum atomic E-state index is 0.171. The van der Waals surface area contributed by atoms with Crippen LogP contribution < -0.4 is 5.32 Å². The number of benzene rings is 1. The smallest absolute Gasteiger partial charge is 0.227 e. The summed E-state index contributed by atoms with van der Waals surface area (Å²) in [6.45, 7) is 5.30. The summed E-state index contributed by atoms with van der Waals surface area (Å²) < 4.78 is 0. The van der Waals surface area contributed by atoms with E-state index in [-0.39, 0.29) is 11.8 Å². The summed E-state index contributed by atoms with van der Waals surface area (Å²) in [4.78, 5) is 14.2. The number of nitrogens with zero attached hydrogens (tertiary/aromatic N) is 1. The van der Waals surface area contributed by atoms with Gasteiger partial charge in [-0.2, -0.15) is 0 Å². The van der Waals surface area contributed by atoms with E-state index in [9.17, 15) is 4.79 Å². The lowest BCUT2D eigenvalue weighted by Crippen LogP contribution is -2.37. The number of carbonyl (C=O) groups is 1. The third-order valence-corrected chi connectivity index (χ3v) is 3.54. The van der Waals surface area contributed by atoms with E-state index < -0.39 is 0 Å². The Morgan fingerprint density at radius 3 is 2.84 bits per heavy atom. The summed E-state index contributed by atoms with van der Waals surface area (Å²) in [5.74, 6) is 0.454. The van der Waals surface area contributed by atoms with Gasteiger partial charge < -0.3 is 10.2 Å². The fourth-order valence-electron chi connectivity index (χ4n) is 2.38. The Bertz CT molecular complexity index is 422. The first kappa shape index (κ1) is 13.8. The van der Waals surface area contributed by atoms with Crippen LogP contribution >= 0.6 is 0 Å². The van der Waals surface area contributed by atoms with E-state index in [2.05, 4.69) is 29.6 Å². The van der Waals surface area contributed by atoms with Gasteiger partial charge in [-0.1, -0.05) is 42.5 Å². The van der Waals surface area contributed by atoms with Crippen LogP contribution in [0.25, 0.3) is 6.08 Å². The van der Waals surface area contributed by atoms with Crippen LogP contribution in [-0.2, 0) is 4.79 Å². The number of nitrogens with one attached hydrogen (secondary N) is 1. The first-order chi connectivity index (χ1) is 9.31. The van der Waals surface area contributed by atoms with Crippen LogP contribution in [-0.4, -0.2) is 37.0 Å². The second kappa shape index (κ2) is 7.10. The van der Waals surface area contributed by atoms with E-state index in [1.807, 2.05) is 30.0 Å². The standard InChI is InChI=1S/C16H22N2O/c1-2-18(16(19)15-10-11-17-13-15)12-6-9-14-7-4-3-5-8-14/h3-9,15,17H,2,10-13H2,1H3. The zero-order valence-corrected chi connectivity index (χ0v) is 11.5. The van der Waals surface area contributed by atoms with Crippen molar-refractivity contribution in [1.29, 1.82) is 0 Å². The molecule has 1 aromatic rings. The number of amides is 1. The highest BCUT2D eigenvalue weighted by Gasteiger charge is 2.25. The molecule has 1 saturated heterocycles. The van der Waals surface area contributed by atoms with Gasteiger partial charge in [0.15, 0.2) is 0 Å². The van der Waals surface area contributed by atoms with Gasteiger partial charge in [-0.25, -0.2) is 0 Å². The van der Waals surface area contributed by atoms with Crippen molar-refractivity contribution in [2.24, 2.45) is 5.92 Å². The summed E-state index contributed by atoms with van der Waals surface area (Å²) in [5.41, 5.74) is 1.17. The second-order valence-electron chi connectivity index (χ2n) is 4.88. The van der Waals surface area contributed by atoms with E-state index >= 15 is 0 Å². The Hall–Kier alpha value is -1.61. The van der Waals surface area contributed by atoms with Gasteiger partial charge in [0.2, 0.25) is 5.91 Å². The molecule has 102 valence electrons. The summed E-state index contributed by atoms with van der Waals surface area (Å²) >= 11 is 0. The van der Waals surface area contributed by atoms with Crippen molar-refractivity contribution in [3.05, 3.63) is 42.0 Å². The largest absolute Gasteiger partial charge is 0.339 e. The summed E-state index contributed by atoms with van der Waals surface area (Å²) in [7, 11) is 0. The minimum absolute atomic E-state index is 0.171. The molecule has 1 heterocycles. The van der Waals surface area contributed by atoms with Gasteiger partial charge in [-0.3, -0.25) is 4.79 Å². The van der Waals surface area contributed by atoms with Crippen molar-refractivity contribution >= 4 is 12.0 Å². The zero-order chi connectivity index (χ0) is 13.5. The van der Waals surface area contributed by atoms with E-state index in [0.717, 1.165) is 26.1 Å². The predicted octanol–water partition coefficient (Wildman–Crippen LogP) is 2.16. The average molecular weight is 258 g/mol. The first-order valence-electron chi connectivity index (χ1n) is 7.02. The number of hydrogen-bond acceptors (Lipinski definition) is 2. The average Bonchev–Trinajstić information content (AvgIpc) is 2.98. The molecule has 0 bridgehead atoms. The molecule has 3 nitrogen and oxygen atoms in total. The molecule has 0 radical (unpaired) electrons. The molecule has 0 aromatic heterocycles. The maximum atomic E-state index is 12.3. The van der Waals surface area contributed by atoms with Gasteiger partial charge in [-0.05, 0) is 25.5 Å². The van der Waals surface area contributed by atoms with Crippen molar-refractivity contribution in [1.82, 2.24) is 10.2 Å². The van der Waals surface area contributed by atoms with Crippen molar-refractivity contribution < 1.29 is 4.79 Å². The van der Waals surface area contributed by atoms with Crippen LogP contribution in [0.1, 0.15) is 18.9 Å². The van der Waals surface area contributed by atoms with Crippen LogP contribution in [0.4, 0.5) is 0 Å². The highest BCUT2D eigenvalue weighted by Crippen LogP contribution is 2.12. The second-order valence-corrected chi connectivity index (χ2v) is 4.88. The molecule has 19 heavy (non-hydrogen) atoms. The topological polar surface area (TPSA) is 32.3 Å². The fourth-order valence-corrected chi connectivity index (χ4v) is 2.38. The molecular formula is C16H22N2O. The van der Waals surface area contributed by atoms with E-state index in [0.29, 0.717) is 6.54 Å². The molecule has 0 spiro atoms. The molecule has 2 rings (SSSR count). The Morgan fingerprint density at radius 2 is 2.21 bits per heavy atom. The number of rotatable bonds is 5. The van der Waals surface area contributed by atoms with Crippen molar-refractivity contribution in [3.63, 3.8) is 0 Å². The number of carbonyl (C=O) groups excluding carboxylic acids is 1. The SMILES string of the molecule is CCN(CC=Cc1ccccc1)C(=O)C1CCNC1. The van der Waals surface area contributed by atoms with Crippen molar-refractivity contribution in [2.45, 2.75) is 13.3 Å². The van der Waals surface area contributed by atoms with Crippen LogP contribution in [0.2, 0.25) is 0 Å². The maximum Gasteiger partial charge on any atom is 0.227 e. The Kier molecular flexibility index (Phi) is 5.16. The van der Waals surface area contributed by atoms with Gasteiger partial charge >= 0.3 is 0 Å². The van der Waals surface area contributed by atoms with Gasteiger partial charge in [-0.15, -0.1) is 0 Å². The van der Waals surface area contributed by atoms with Crippen LogP contribution in [0, 0.1) is 5.92 Å². The van der Waals surface area contributed by atoms with Crippen LogP contribution in [0.3, 0.4) is 0 Å². The molecule has 1 amide bonds. The van der Waals surface area contributed by atoms with E-state index in [1.165, 1.54) is 5.56 Å². The molecule has 3 heteroatoms. The number of hydrogen-bond donors (Lipinski definition) is 1. The minimum Gasteiger partial charge on any atom is -0.339 e. The molecule has 0 saturated carbocycles. The van der Waals surface area contributed by atoms with Gasteiger partial charge in [0.1, 0.15) is 0 Å². The molecule has 1 unspecified atom stereocenters. The molecular weight excluding hydrogens is 236 g/mol. The third kappa shape index (κ3) is 3.93. The van der Waals surface area contributed by atoms with Gasteiger partial charge in [0.25, 0.3) is 0 Å². The first-order valence-corrected chi connectivity index (χ1v) is 7.02. The zero-order valence-electron chi connectivity index (χ0n) is 11.5. The lowest BCUT2D eigenvalue weighted by Gasteiger charge is -2.22. The third-order valence-electron chi connectivity index (χ3n) is 3.54. The summed E-state index contributed by atoms with van der Waals surface area (Å²) in [6.07, 6.45) is 5.11. The fraction of sp³-hybridized carbons (Fsp3) is 0.438. The summed E-state index contributed by atoms with van der Waals surface area (Å²) in [5, 5.41) is 3.25. The van der Waals surface area contributed by atoms with Crippen molar-refractivity contribution in [2.75, 3.05) is 26.2 Å². The lowest BCUT2D eigenvalue weighted by molar-refractivity contribution is -0.134.